The van der Waals surface area contributed by atoms with Gasteiger partial charge in [-0.3, -0.25) is 0 Å². The normalized spacial score (nSPS) is 15.9. The number of benzene rings is 1. The van der Waals surface area contributed by atoms with Crippen molar-refractivity contribution in [3.8, 4) is 0 Å². The van der Waals surface area contributed by atoms with Gasteiger partial charge < -0.3 is 10.6 Å². The Kier molecular flexibility index (Phi) is 5.24. The van der Waals surface area contributed by atoms with Crippen LogP contribution >= 0.6 is 22.6 Å². The largest absolute Gasteiger partial charge is 0.323 e. The first kappa shape index (κ1) is 14.4. The van der Waals surface area contributed by atoms with Crippen LogP contribution in [0.15, 0.2) is 30.5 Å². The van der Waals surface area contributed by atoms with Gasteiger partial charge in [0, 0.05) is 15.5 Å². The molecular weight excluding hydrogens is 351 g/mol. The minimum atomic E-state index is -0.182. The molecule has 0 aliphatic heterocycles. The number of allylic oxidation sites excluding steroid dienone is 1. The van der Waals surface area contributed by atoms with Crippen LogP contribution in [-0.4, -0.2) is 6.03 Å². The number of rotatable bonds is 3. The maximum absolute atomic E-state index is 11.7. The molecule has 102 valence electrons. The van der Waals surface area contributed by atoms with Crippen LogP contribution in [0.3, 0.4) is 0 Å². The van der Waals surface area contributed by atoms with Crippen molar-refractivity contribution >= 4 is 34.3 Å². The first-order valence-electron chi connectivity index (χ1n) is 6.65. The molecule has 0 saturated heterocycles. The number of halogens is 1. The molecule has 1 aromatic carbocycles. The van der Waals surface area contributed by atoms with Crippen LogP contribution in [0.4, 0.5) is 10.5 Å². The number of hydrogen-bond donors (Lipinski definition) is 2. The second-order valence-electron chi connectivity index (χ2n) is 4.96. The van der Waals surface area contributed by atoms with E-state index in [1.165, 1.54) is 29.3 Å². The van der Waals surface area contributed by atoms with Crippen LogP contribution in [0.5, 0.6) is 0 Å². The molecule has 1 fully saturated rings. The molecule has 0 heterocycles. The molecule has 0 atom stereocenters. The molecule has 1 aliphatic rings. The van der Waals surface area contributed by atoms with E-state index in [2.05, 4.69) is 39.3 Å². The van der Waals surface area contributed by atoms with Gasteiger partial charge in [-0.15, -0.1) is 0 Å². The number of carbonyl (C=O) groups is 1. The summed E-state index contributed by atoms with van der Waals surface area (Å²) in [7, 11) is 0. The van der Waals surface area contributed by atoms with Gasteiger partial charge in [0.2, 0.25) is 0 Å². The van der Waals surface area contributed by atoms with Gasteiger partial charge in [0.1, 0.15) is 0 Å². The van der Waals surface area contributed by atoms with E-state index >= 15 is 0 Å². The zero-order valence-corrected chi connectivity index (χ0v) is 13.2. The van der Waals surface area contributed by atoms with E-state index in [4.69, 9.17) is 0 Å². The van der Waals surface area contributed by atoms with Crippen molar-refractivity contribution in [1.82, 2.24) is 5.32 Å². The van der Waals surface area contributed by atoms with E-state index < -0.39 is 0 Å². The summed E-state index contributed by atoms with van der Waals surface area (Å²) in [5, 5.41) is 5.63. The molecule has 2 N–H and O–H groups in total. The molecule has 0 aromatic heterocycles. The monoisotopic (exact) mass is 370 g/mol. The molecule has 2 amide bonds. The Morgan fingerprint density at radius 3 is 2.79 bits per heavy atom. The third kappa shape index (κ3) is 4.53. The Balaban J connectivity index is 1.83. The second-order valence-corrected chi connectivity index (χ2v) is 6.21. The first-order valence-corrected chi connectivity index (χ1v) is 7.73. The number of anilines is 1. The fourth-order valence-electron chi connectivity index (χ4n) is 2.34. The lowest BCUT2D eigenvalue weighted by molar-refractivity contribution is 0.255. The van der Waals surface area contributed by atoms with Gasteiger partial charge in [-0.2, -0.15) is 0 Å². The average Bonchev–Trinajstić information content (AvgIpc) is 2.86. The molecule has 3 nitrogen and oxygen atoms in total. The lowest BCUT2D eigenvalue weighted by atomic mass is 10.1. The van der Waals surface area contributed by atoms with Gasteiger partial charge in [-0.1, -0.05) is 18.9 Å². The van der Waals surface area contributed by atoms with Crippen LogP contribution in [0.25, 0.3) is 0 Å². The van der Waals surface area contributed by atoms with Crippen LogP contribution < -0.4 is 10.6 Å². The lowest BCUT2D eigenvalue weighted by Gasteiger charge is -2.08. The number of urea groups is 1. The maximum atomic E-state index is 11.7. The third-order valence-corrected chi connectivity index (χ3v) is 4.09. The van der Waals surface area contributed by atoms with Crippen molar-refractivity contribution < 1.29 is 4.79 Å². The molecule has 2 rings (SSSR count). The number of amides is 2. The van der Waals surface area contributed by atoms with Gasteiger partial charge in [-0.25, -0.2) is 4.79 Å². The van der Waals surface area contributed by atoms with Crippen LogP contribution in [0, 0.1) is 16.4 Å². The SMILES string of the molecule is Cc1cc(I)ccc1NC(=O)N/C=C/C1CCCC1. The highest BCUT2D eigenvalue weighted by Gasteiger charge is 2.11. The van der Waals surface area contributed by atoms with E-state index in [9.17, 15) is 4.79 Å². The molecule has 0 radical (unpaired) electrons. The summed E-state index contributed by atoms with van der Waals surface area (Å²) in [6.45, 7) is 1.99. The molecular formula is C15H19IN2O. The van der Waals surface area contributed by atoms with Crippen LogP contribution in [0.2, 0.25) is 0 Å². The number of carbonyl (C=O) groups excluding carboxylic acids is 1. The van der Waals surface area contributed by atoms with Crippen molar-refractivity contribution in [3.63, 3.8) is 0 Å². The zero-order valence-electron chi connectivity index (χ0n) is 11.1. The van der Waals surface area contributed by atoms with Crippen molar-refractivity contribution in [2.75, 3.05) is 5.32 Å². The second kappa shape index (κ2) is 6.93. The Labute approximate surface area is 128 Å². The third-order valence-electron chi connectivity index (χ3n) is 3.42. The van der Waals surface area contributed by atoms with E-state index in [1.807, 2.05) is 25.1 Å². The summed E-state index contributed by atoms with van der Waals surface area (Å²) >= 11 is 2.26. The molecule has 0 spiro atoms. The zero-order chi connectivity index (χ0) is 13.7. The topological polar surface area (TPSA) is 41.1 Å². The summed E-state index contributed by atoms with van der Waals surface area (Å²) in [5.74, 6) is 0.639. The predicted molar refractivity (Wildman–Crippen MR) is 87.1 cm³/mol. The van der Waals surface area contributed by atoms with Crippen LogP contribution in [0.1, 0.15) is 31.2 Å². The number of aryl methyl sites for hydroxylation is 1. The van der Waals surface area contributed by atoms with Gasteiger partial charge in [-0.05, 0) is 72.0 Å². The molecule has 4 heteroatoms. The van der Waals surface area contributed by atoms with E-state index in [-0.39, 0.29) is 6.03 Å². The highest BCUT2D eigenvalue weighted by Crippen LogP contribution is 2.25. The molecule has 0 bridgehead atoms. The Bertz CT molecular complexity index is 479. The Morgan fingerprint density at radius 1 is 1.37 bits per heavy atom. The standard InChI is InChI=1S/C15H19IN2O/c1-11-10-13(16)6-7-14(11)18-15(19)17-9-8-12-4-2-3-5-12/h6-10,12H,2-5H2,1H3,(H2,17,18,19)/b9-8+. The van der Waals surface area contributed by atoms with Gasteiger partial charge in [0.15, 0.2) is 0 Å². The summed E-state index contributed by atoms with van der Waals surface area (Å²) in [5.41, 5.74) is 1.93. The highest BCUT2D eigenvalue weighted by atomic mass is 127. The van der Waals surface area contributed by atoms with Crippen molar-refractivity contribution in [3.05, 3.63) is 39.6 Å². The highest BCUT2D eigenvalue weighted by molar-refractivity contribution is 14.1. The first-order chi connectivity index (χ1) is 9.15. The lowest BCUT2D eigenvalue weighted by Crippen LogP contribution is -2.24. The minimum absolute atomic E-state index is 0.182. The molecule has 0 unspecified atom stereocenters. The van der Waals surface area contributed by atoms with E-state index in [1.54, 1.807) is 6.20 Å². The number of nitrogens with one attached hydrogen (secondary N) is 2. The molecule has 1 aliphatic carbocycles. The smallest absolute Gasteiger partial charge is 0.315 e. The Hall–Kier alpha value is -1.04. The van der Waals surface area contributed by atoms with Gasteiger partial charge >= 0.3 is 6.03 Å². The van der Waals surface area contributed by atoms with Crippen molar-refractivity contribution in [1.29, 1.82) is 0 Å². The summed E-state index contributed by atoms with van der Waals surface area (Å²) in [6.07, 6.45) is 8.98. The van der Waals surface area contributed by atoms with E-state index in [0.29, 0.717) is 5.92 Å². The Morgan fingerprint density at radius 2 is 2.11 bits per heavy atom. The molecule has 19 heavy (non-hydrogen) atoms. The summed E-state index contributed by atoms with van der Waals surface area (Å²) in [6, 6.07) is 5.78. The maximum Gasteiger partial charge on any atom is 0.323 e. The minimum Gasteiger partial charge on any atom is -0.315 e. The fourth-order valence-corrected chi connectivity index (χ4v) is 2.98. The molecule has 1 saturated carbocycles. The molecule has 1 aromatic rings. The quantitative estimate of drug-likeness (QED) is 0.760. The number of hydrogen-bond acceptors (Lipinski definition) is 1. The summed E-state index contributed by atoms with van der Waals surface area (Å²) in [4.78, 5) is 11.7. The summed E-state index contributed by atoms with van der Waals surface area (Å²) < 4.78 is 1.17. The van der Waals surface area contributed by atoms with Gasteiger partial charge in [0.05, 0.1) is 0 Å². The van der Waals surface area contributed by atoms with E-state index in [0.717, 1.165) is 11.3 Å². The fraction of sp³-hybridized carbons (Fsp3) is 0.400. The van der Waals surface area contributed by atoms with Gasteiger partial charge in [0.25, 0.3) is 0 Å². The predicted octanol–water partition coefficient (Wildman–Crippen LogP) is 4.43. The van der Waals surface area contributed by atoms with Crippen molar-refractivity contribution in [2.45, 2.75) is 32.6 Å². The average molecular weight is 370 g/mol. The van der Waals surface area contributed by atoms with Crippen LogP contribution in [-0.2, 0) is 0 Å². The van der Waals surface area contributed by atoms with Crippen molar-refractivity contribution in [2.24, 2.45) is 5.92 Å².